The number of aromatic nitrogens is 5. The van der Waals surface area contributed by atoms with Gasteiger partial charge in [-0.15, -0.1) is 0 Å². The maximum Gasteiger partial charge on any atom is 0.433 e. The van der Waals surface area contributed by atoms with Crippen LogP contribution in [0.1, 0.15) is 66.0 Å². The molecular formula is C20H18F5N5O. The van der Waals surface area contributed by atoms with E-state index in [2.05, 4.69) is 20.1 Å². The van der Waals surface area contributed by atoms with Crippen LogP contribution in [0.4, 0.5) is 22.0 Å². The number of alkyl halides is 5. The van der Waals surface area contributed by atoms with Crippen molar-refractivity contribution in [2.24, 2.45) is 11.8 Å². The Morgan fingerprint density at radius 1 is 1.19 bits per heavy atom. The van der Waals surface area contributed by atoms with Crippen molar-refractivity contribution in [3.63, 3.8) is 0 Å². The Balaban J connectivity index is 1.63. The largest absolute Gasteiger partial charge is 0.433 e. The summed E-state index contributed by atoms with van der Waals surface area (Å²) in [6.07, 6.45) is -3.65. The average molecular weight is 439 g/mol. The number of hydrogen-bond donors (Lipinski definition) is 0. The number of halogens is 5. The van der Waals surface area contributed by atoms with Gasteiger partial charge in [-0.1, -0.05) is 6.92 Å². The first-order valence-electron chi connectivity index (χ1n) is 9.71. The molecule has 164 valence electrons. The molecule has 4 rings (SSSR count). The summed E-state index contributed by atoms with van der Waals surface area (Å²) in [5, 5.41) is 4.09. The normalized spacial score (nSPS) is 22.2. The molecule has 0 aliphatic heterocycles. The van der Waals surface area contributed by atoms with Gasteiger partial charge in [-0.2, -0.15) is 23.3 Å². The van der Waals surface area contributed by atoms with E-state index < -0.39 is 29.9 Å². The van der Waals surface area contributed by atoms with Crippen LogP contribution in [0.5, 0.6) is 0 Å². The Bertz CT molecular complexity index is 1100. The number of carbonyl (C=O) groups is 1. The Morgan fingerprint density at radius 2 is 1.97 bits per heavy atom. The van der Waals surface area contributed by atoms with Crippen LogP contribution in [0.2, 0.25) is 0 Å². The van der Waals surface area contributed by atoms with Crippen molar-refractivity contribution in [3.05, 3.63) is 53.4 Å². The van der Waals surface area contributed by atoms with Gasteiger partial charge in [0, 0.05) is 23.6 Å². The predicted octanol–water partition coefficient (Wildman–Crippen LogP) is 4.88. The molecule has 0 aromatic carbocycles. The molecule has 1 aliphatic carbocycles. The fourth-order valence-corrected chi connectivity index (χ4v) is 4.15. The first kappa shape index (κ1) is 21.3. The Kier molecular flexibility index (Phi) is 5.44. The molecule has 0 spiro atoms. The monoisotopic (exact) mass is 439 g/mol. The Hall–Kier alpha value is -2.98. The fraction of sp³-hybridized carbons (Fsp3) is 0.450. The van der Waals surface area contributed by atoms with Crippen molar-refractivity contribution in [1.82, 2.24) is 24.6 Å². The van der Waals surface area contributed by atoms with Gasteiger partial charge in [0.2, 0.25) is 0 Å². The summed E-state index contributed by atoms with van der Waals surface area (Å²) >= 11 is 0. The SMILES string of the molecule is CC1CCC(C(=O)c2ccc(C(F)(F)F)nc2)C[C@H]1c1cc(C(F)F)nc2ncnn12. The lowest BCUT2D eigenvalue weighted by Gasteiger charge is -2.34. The van der Waals surface area contributed by atoms with Crippen molar-refractivity contribution in [3.8, 4) is 0 Å². The second-order valence-corrected chi connectivity index (χ2v) is 7.77. The quantitative estimate of drug-likeness (QED) is 0.428. The number of rotatable bonds is 4. The molecule has 0 radical (unpaired) electrons. The first-order chi connectivity index (χ1) is 14.6. The van der Waals surface area contributed by atoms with Gasteiger partial charge < -0.3 is 0 Å². The van der Waals surface area contributed by atoms with Gasteiger partial charge in [0.25, 0.3) is 12.2 Å². The Labute approximate surface area is 173 Å². The molecule has 0 amide bonds. The number of carbonyl (C=O) groups excluding carboxylic acids is 1. The first-order valence-corrected chi connectivity index (χ1v) is 9.71. The van der Waals surface area contributed by atoms with Crippen LogP contribution in [-0.2, 0) is 6.18 Å². The zero-order chi connectivity index (χ0) is 22.3. The molecule has 3 aromatic rings. The lowest BCUT2D eigenvalue weighted by molar-refractivity contribution is -0.141. The molecule has 0 saturated heterocycles. The van der Waals surface area contributed by atoms with Crippen molar-refractivity contribution in [1.29, 1.82) is 0 Å². The minimum atomic E-state index is -4.58. The van der Waals surface area contributed by atoms with Crippen LogP contribution in [0, 0.1) is 11.8 Å². The molecule has 0 N–H and O–H groups in total. The summed E-state index contributed by atoms with van der Waals surface area (Å²) in [7, 11) is 0. The number of Topliss-reactive ketones (excluding diaryl/α,β-unsaturated/α-hetero) is 1. The van der Waals surface area contributed by atoms with E-state index >= 15 is 0 Å². The highest BCUT2D eigenvalue weighted by Crippen LogP contribution is 2.42. The number of nitrogens with zero attached hydrogens (tertiary/aromatic N) is 5. The van der Waals surface area contributed by atoms with E-state index in [0.29, 0.717) is 25.0 Å². The fourth-order valence-electron chi connectivity index (χ4n) is 4.15. The van der Waals surface area contributed by atoms with Crippen molar-refractivity contribution < 1.29 is 26.7 Å². The predicted molar refractivity (Wildman–Crippen MR) is 98.6 cm³/mol. The van der Waals surface area contributed by atoms with E-state index in [0.717, 1.165) is 18.3 Å². The van der Waals surface area contributed by atoms with E-state index in [4.69, 9.17) is 0 Å². The lowest BCUT2D eigenvalue weighted by Crippen LogP contribution is -2.28. The van der Waals surface area contributed by atoms with E-state index in [-0.39, 0.29) is 29.0 Å². The van der Waals surface area contributed by atoms with Crippen LogP contribution in [0.3, 0.4) is 0 Å². The summed E-state index contributed by atoms with van der Waals surface area (Å²) < 4.78 is 66.2. The zero-order valence-electron chi connectivity index (χ0n) is 16.4. The van der Waals surface area contributed by atoms with E-state index in [9.17, 15) is 26.7 Å². The number of ketones is 1. The maximum absolute atomic E-state index is 13.3. The van der Waals surface area contributed by atoms with Gasteiger partial charge in [0.05, 0.1) is 5.69 Å². The Morgan fingerprint density at radius 3 is 2.61 bits per heavy atom. The topological polar surface area (TPSA) is 73.0 Å². The van der Waals surface area contributed by atoms with Gasteiger partial charge >= 0.3 is 6.18 Å². The molecule has 6 nitrogen and oxygen atoms in total. The molecule has 31 heavy (non-hydrogen) atoms. The highest BCUT2D eigenvalue weighted by Gasteiger charge is 2.36. The molecule has 2 unspecified atom stereocenters. The van der Waals surface area contributed by atoms with Crippen LogP contribution < -0.4 is 0 Å². The number of hydrogen-bond acceptors (Lipinski definition) is 5. The molecular weight excluding hydrogens is 421 g/mol. The summed E-state index contributed by atoms with van der Waals surface area (Å²) in [4.78, 5) is 24.0. The third-order valence-corrected chi connectivity index (χ3v) is 5.81. The molecule has 0 bridgehead atoms. The van der Waals surface area contributed by atoms with Gasteiger partial charge in [-0.05, 0) is 43.4 Å². The minimum absolute atomic E-state index is 0.0559. The molecule has 1 fully saturated rings. The highest BCUT2D eigenvalue weighted by atomic mass is 19.4. The van der Waals surface area contributed by atoms with Gasteiger partial charge in [0.1, 0.15) is 17.7 Å². The van der Waals surface area contributed by atoms with E-state index in [1.54, 1.807) is 0 Å². The van der Waals surface area contributed by atoms with Crippen LogP contribution in [0.15, 0.2) is 30.7 Å². The number of fused-ring (bicyclic) bond motifs is 1. The van der Waals surface area contributed by atoms with Crippen molar-refractivity contribution >= 4 is 11.6 Å². The molecule has 3 heterocycles. The smallest absolute Gasteiger partial charge is 0.294 e. The van der Waals surface area contributed by atoms with E-state index in [1.807, 2.05) is 6.92 Å². The molecule has 11 heteroatoms. The standard InChI is InChI=1S/C20H18F5N5O/c1-10-2-3-11(17(31)12-4-5-16(26-8-12)20(23,24)25)6-13(10)15-7-14(18(21)22)29-19-27-9-28-30(15)19/h4-5,7-11,13,18H,2-3,6H2,1H3/t10?,11?,13-/m1/s1. The summed E-state index contributed by atoms with van der Waals surface area (Å²) in [6, 6.07) is 3.20. The summed E-state index contributed by atoms with van der Waals surface area (Å²) in [5.74, 6) is -0.914. The maximum atomic E-state index is 13.3. The van der Waals surface area contributed by atoms with Crippen LogP contribution >= 0.6 is 0 Å². The highest BCUT2D eigenvalue weighted by molar-refractivity contribution is 5.97. The third-order valence-electron chi connectivity index (χ3n) is 5.81. The van der Waals surface area contributed by atoms with Crippen molar-refractivity contribution in [2.75, 3.05) is 0 Å². The number of pyridine rings is 1. The van der Waals surface area contributed by atoms with Gasteiger partial charge in [0.15, 0.2) is 5.78 Å². The third kappa shape index (κ3) is 4.13. The lowest BCUT2D eigenvalue weighted by atomic mass is 9.71. The van der Waals surface area contributed by atoms with Crippen LogP contribution in [-0.4, -0.2) is 30.3 Å². The second kappa shape index (κ2) is 7.93. The van der Waals surface area contributed by atoms with E-state index in [1.165, 1.54) is 16.9 Å². The molecule has 1 saturated carbocycles. The van der Waals surface area contributed by atoms with Gasteiger partial charge in [-0.3, -0.25) is 9.78 Å². The van der Waals surface area contributed by atoms with Crippen molar-refractivity contribution in [2.45, 2.75) is 44.7 Å². The molecule has 3 atom stereocenters. The minimum Gasteiger partial charge on any atom is -0.294 e. The van der Waals surface area contributed by atoms with Gasteiger partial charge in [-0.25, -0.2) is 18.3 Å². The summed E-state index contributed by atoms with van der Waals surface area (Å²) in [6.45, 7) is 1.97. The molecule has 1 aliphatic rings. The average Bonchev–Trinajstić information content (AvgIpc) is 3.21. The van der Waals surface area contributed by atoms with Crippen LogP contribution in [0.25, 0.3) is 5.78 Å². The molecule has 3 aromatic heterocycles. The zero-order valence-corrected chi connectivity index (χ0v) is 16.4. The summed E-state index contributed by atoms with van der Waals surface area (Å²) in [5.41, 5.74) is -0.888. The second-order valence-electron chi connectivity index (χ2n) is 7.77.